The molecule has 1 heterocycles. The van der Waals surface area contributed by atoms with E-state index in [0.29, 0.717) is 6.04 Å². The topological polar surface area (TPSA) is 21.3 Å². The smallest absolute Gasteiger partial charge is 0.0876 e. The number of hydrogen-bond acceptors (Lipinski definition) is 2. The second-order valence-corrected chi connectivity index (χ2v) is 5.41. The van der Waals surface area contributed by atoms with Crippen molar-refractivity contribution < 1.29 is 4.74 Å². The maximum absolute atomic E-state index is 5.53. The molecule has 0 saturated heterocycles. The number of hydrogen-bond donors (Lipinski definition) is 1. The van der Waals surface area contributed by atoms with E-state index in [1.54, 1.807) is 0 Å². The second kappa shape index (κ2) is 6.76. The van der Waals surface area contributed by atoms with Crippen LogP contribution >= 0.6 is 0 Å². The molecule has 2 rings (SSSR count). The summed E-state index contributed by atoms with van der Waals surface area (Å²) >= 11 is 0. The zero-order valence-corrected chi connectivity index (χ0v) is 12.3. The van der Waals surface area contributed by atoms with Crippen LogP contribution < -0.4 is 5.32 Å². The van der Waals surface area contributed by atoms with Crippen molar-refractivity contribution in [1.29, 1.82) is 0 Å². The fraction of sp³-hybridized carbons (Fsp3) is 0.529. The zero-order valence-electron chi connectivity index (χ0n) is 12.3. The predicted molar refractivity (Wildman–Crippen MR) is 80.2 cm³/mol. The molecular formula is C17H25NO. The van der Waals surface area contributed by atoms with Crippen LogP contribution in [0.15, 0.2) is 30.0 Å². The van der Waals surface area contributed by atoms with E-state index in [4.69, 9.17) is 4.74 Å². The van der Waals surface area contributed by atoms with Gasteiger partial charge in [-0.3, -0.25) is 0 Å². The van der Waals surface area contributed by atoms with Crippen molar-refractivity contribution in [2.24, 2.45) is 0 Å². The van der Waals surface area contributed by atoms with E-state index in [1.807, 2.05) is 6.26 Å². The Bertz CT molecular complexity index is 451. The zero-order chi connectivity index (χ0) is 13.7. The summed E-state index contributed by atoms with van der Waals surface area (Å²) in [6.07, 6.45) is 5.38. The highest BCUT2D eigenvalue weighted by Gasteiger charge is 2.20. The minimum absolute atomic E-state index is 0.306. The van der Waals surface area contributed by atoms with Gasteiger partial charge in [0.25, 0.3) is 0 Å². The van der Waals surface area contributed by atoms with Gasteiger partial charge < -0.3 is 10.1 Å². The maximum atomic E-state index is 5.53. The molecule has 1 atom stereocenters. The van der Waals surface area contributed by atoms with E-state index >= 15 is 0 Å². The molecule has 0 amide bonds. The molecule has 0 radical (unpaired) electrons. The van der Waals surface area contributed by atoms with E-state index in [0.717, 1.165) is 32.4 Å². The summed E-state index contributed by atoms with van der Waals surface area (Å²) < 4.78 is 5.53. The molecule has 0 fully saturated rings. The largest absolute Gasteiger partial charge is 0.501 e. The molecule has 1 aliphatic rings. The lowest BCUT2D eigenvalue weighted by molar-refractivity contribution is 0.219. The Morgan fingerprint density at radius 1 is 1.32 bits per heavy atom. The summed E-state index contributed by atoms with van der Waals surface area (Å²) in [5.41, 5.74) is 5.45. The van der Waals surface area contributed by atoms with Crippen molar-refractivity contribution in [3.05, 3.63) is 46.7 Å². The van der Waals surface area contributed by atoms with Crippen molar-refractivity contribution in [2.75, 3.05) is 13.2 Å². The lowest BCUT2D eigenvalue weighted by atomic mass is 9.91. The average Bonchev–Trinajstić information content (AvgIpc) is 2.44. The van der Waals surface area contributed by atoms with Crippen LogP contribution in [0.4, 0.5) is 0 Å². The Morgan fingerprint density at radius 3 is 2.84 bits per heavy atom. The van der Waals surface area contributed by atoms with Gasteiger partial charge in [0.15, 0.2) is 0 Å². The minimum Gasteiger partial charge on any atom is -0.501 e. The van der Waals surface area contributed by atoms with Gasteiger partial charge in [-0.05, 0) is 56.4 Å². The molecule has 0 aliphatic carbocycles. The monoisotopic (exact) mass is 259 g/mol. The SMILES string of the molecule is CCCNC(C1=COCCC1)c1cc(C)ccc1C. The van der Waals surface area contributed by atoms with E-state index in [-0.39, 0.29) is 0 Å². The Morgan fingerprint density at radius 2 is 2.16 bits per heavy atom. The highest BCUT2D eigenvalue weighted by Crippen LogP contribution is 2.30. The fourth-order valence-electron chi connectivity index (χ4n) is 2.60. The molecular weight excluding hydrogens is 234 g/mol. The van der Waals surface area contributed by atoms with Crippen molar-refractivity contribution in [2.45, 2.75) is 46.1 Å². The number of aryl methyl sites for hydroxylation is 2. The van der Waals surface area contributed by atoms with Gasteiger partial charge in [-0.15, -0.1) is 0 Å². The number of nitrogens with one attached hydrogen (secondary N) is 1. The van der Waals surface area contributed by atoms with Crippen LogP contribution in [-0.4, -0.2) is 13.2 Å². The van der Waals surface area contributed by atoms with Gasteiger partial charge in [0.1, 0.15) is 0 Å². The van der Waals surface area contributed by atoms with E-state index < -0.39 is 0 Å². The molecule has 2 heteroatoms. The lowest BCUT2D eigenvalue weighted by Gasteiger charge is -2.26. The van der Waals surface area contributed by atoms with Crippen LogP contribution in [0.1, 0.15) is 48.9 Å². The first-order chi connectivity index (χ1) is 9.22. The van der Waals surface area contributed by atoms with Gasteiger partial charge in [-0.1, -0.05) is 30.7 Å². The maximum Gasteiger partial charge on any atom is 0.0876 e. The molecule has 0 spiro atoms. The second-order valence-electron chi connectivity index (χ2n) is 5.41. The number of rotatable bonds is 5. The highest BCUT2D eigenvalue weighted by atomic mass is 16.5. The average molecular weight is 259 g/mol. The lowest BCUT2D eigenvalue weighted by Crippen LogP contribution is -2.26. The van der Waals surface area contributed by atoms with E-state index in [1.165, 1.54) is 22.3 Å². The molecule has 0 saturated carbocycles. The Labute approximate surface area is 116 Å². The normalized spacial score (nSPS) is 16.7. The summed E-state index contributed by atoms with van der Waals surface area (Å²) in [5.74, 6) is 0. The molecule has 104 valence electrons. The van der Waals surface area contributed by atoms with Crippen LogP contribution in [0.5, 0.6) is 0 Å². The van der Waals surface area contributed by atoms with Gasteiger partial charge in [0.2, 0.25) is 0 Å². The number of ether oxygens (including phenoxy) is 1. The van der Waals surface area contributed by atoms with Crippen LogP contribution in [0, 0.1) is 13.8 Å². The first-order valence-electron chi connectivity index (χ1n) is 7.33. The third kappa shape index (κ3) is 3.60. The molecule has 1 aromatic rings. The summed E-state index contributed by atoms with van der Waals surface area (Å²) in [4.78, 5) is 0. The van der Waals surface area contributed by atoms with Gasteiger partial charge in [0.05, 0.1) is 18.9 Å². The molecule has 19 heavy (non-hydrogen) atoms. The fourth-order valence-corrected chi connectivity index (χ4v) is 2.60. The molecule has 1 N–H and O–H groups in total. The molecule has 1 unspecified atom stereocenters. The molecule has 0 aromatic heterocycles. The Balaban J connectivity index is 2.30. The first-order valence-corrected chi connectivity index (χ1v) is 7.33. The summed E-state index contributed by atoms with van der Waals surface area (Å²) in [6.45, 7) is 8.45. The van der Waals surface area contributed by atoms with Crippen LogP contribution in [0.3, 0.4) is 0 Å². The molecule has 2 nitrogen and oxygen atoms in total. The van der Waals surface area contributed by atoms with Crippen LogP contribution in [0.2, 0.25) is 0 Å². The molecule has 0 bridgehead atoms. The van der Waals surface area contributed by atoms with Gasteiger partial charge in [-0.2, -0.15) is 0 Å². The van der Waals surface area contributed by atoms with Crippen molar-refractivity contribution in [3.8, 4) is 0 Å². The first kappa shape index (κ1) is 14.1. The van der Waals surface area contributed by atoms with Crippen molar-refractivity contribution in [1.82, 2.24) is 5.32 Å². The van der Waals surface area contributed by atoms with E-state index in [2.05, 4.69) is 44.3 Å². The number of benzene rings is 1. The molecule has 1 aliphatic heterocycles. The molecule has 1 aromatic carbocycles. The van der Waals surface area contributed by atoms with Crippen LogP contribution in [0.25, 0.3) is 0 Å². The highest BCUT2D eigenvalue weighted by molar-refractivity contribution is 5.37. The summed E-state index contributed by atoms with van der Waals surface area (Å²) in [6, 6.07) is 7.01. The third-order valence-electron chi connectivity index (χ3n) is 3.68. The van der Waals surface area contributed by atoms with Crippen molar-refractivity contribution >= 4 is 0 Å². The van der Waals surface area contributed by atoms with E-state index in [9.17, 15) is 0 Å². The van der Waals surface area contributed by atoms with Gasteiger partial charge in [0, 0.05) is 0 Å². The quantitative estimate of drug-likeness (QED) is 0.861. The Hall–Kier alpha value is -1.28. The predicted octanol–water partition coefficient (Wildman–Crippen LogP) is 4.04. The van der Waals surface area contributed by atoms with Gasteiger partial charge >= 0.3 is 0 Å². The minimum atomic E-state index is 0.306. The standard InChI is InChI=1S/C17H25NO/c1-4-9-18-17(15-6-5-10-19-12-15)16-11-13(2)7-8-14(16)3/h7-8,11-12,17-18H,4-6,9-10H2,1-3H3. The van der Waals surface area contributed by atoms with Crippen LogP contribution in [-0.2, 0) is 4.74 Å². The Kier molecular flexibility index (Phi) is 5.03. The van der Waals surface area contributed by atoms with Gasteiger partial charge in [-0.25, -0.2) is 0 Å². The summed E-state index contributed by atoms with van der Waals surface area (Å²) in [5, 5.41) is 3.68. The summed E-state index contributed by atoms with van der Waals surface area (Å²) in [7, 11) is 0. The van der Waals surface area contributed by atoms with Crippen molar-refractivity contribution in [3.63, 3.8) is 0 Å². The third-order valence-corrected chi connectivity index (χ3v) is 3.68.